The van der Waals surface area contributed by atoms with Gasteiger partial charge in [0.2, 0.25) is 0 Å². The van der Waals surface area contributed by atoms with Gasteiger partial charge in [-0.25, -0.2) is 4.79 Å². The lowest BCUT2D eigenvalue weighted by Crippen LogP contribution is -2.13. The highest BCUT2D eigenvalue weighted by atomic mass is 32.2. The SMILES string of the molecule is CCOC(=O)c1[nH][nH]c(=O)c1[C@@H]1CCCS1. The van der Waals surface area contributed by atoms with E-state index in [0.717, 1.165) is 18.6 Å². The van der Waals surface area contributed by atoms with Gasteiger partial charge in [0.05, 0.1) is 12.2 Å². The molecule has 2 heterocycles. The zero-order chi connectivity index (χ0) is 11.5. The van der Waals surface area contributed by atoms with Crippen molar-refractivity contribution in [1.29, 1.82) is 0 Å². The van der Waals surface area contributed by atoms with Crippen molar-refractivity contribution >= 4 is 17.7 Å². The molecule has 1 fully saturated rings. The molecule has 0 amide bonds. The van der Waals surface area contributed by atoms with Gasteiger partial charge in [-0.1, -0.05) is 0 Å². The van der Waals surface area contributed by atoms with Crippen LogP contribution in [0.2, 0.25) is 0 Å². The summed E-state index contributed by atoms with van der Waals surface area (Å²) in [5, 5.41) is 5.19. The molecule has 0 aliphatic carbocycles. The van der Waals surface area contributed by atoms with Crippen LogP contribution in [0.5, 0.6) is 0 Å². The molecule has 0 radical (unpaired) electrons. The minimum atomic E-state index is -0.455. The fourth-order valence-corrected chi connectivity index (χ4v) is 3.19. The number of thioether (sulfide) groups is 1. The van der Waals surface area contributed by atoms with Crippen LogP contribution in [0.15, 0.2) is 4.79 Å². The van der Waals surface area contributed by atoms with E-state index in [-0.39, 0.29) is 16.5 Å². The zero-order valence-corrected chi connectivity index (χ0v) is 9.86. The molecule has 1 aliphatic rings. The first kappa shape index (κ1) is 11.3. The summed E-state index contributed by atoms with van der Waals surface area (Å²) in [6.07, 6.45) is 2.03. The van der Waals surface area contributed by atoms with Crippen molar-refractivity contribution in [3.05, 3.63) is 21.6 Å². The number of ether oxygens (including phenoxy) is 1. The van der Waals surface area contributed by atoms with Crippen LogP contribution in [0.4, 0.5) is 0 Å². The van der Waals surface area contributed by atoms with E-state index >= 15 is 0 Å². The van der Waals surface area contributed by atoms with Crippen molar-refractivity contribution in [2.45, 2.75) is 25.0 Å². The molecule has 5 nitrogen and oxygen atoms in total. The second kappa shape index (κ2) is 4.78. The summed E-state index contributed by atoms with van der Waals surface area (Å²) in [4.78, 5) is 23.2. The largest absolute Gasteiger partial charge is 0.461 e. The maximum absolute atomic E-state index is 11.6. The molecule has 0 bridgehead atoms. The molecule has 1 aromatic rings. The van der Waals surface area contributed by atoms with Crippen molar-refractivity contribution in [3.8, 4) is 0 Å². The number of carbonyl (C=O) groups excluding carboxylic acids is 1. The Labute approximate surface area is 96.9 Å². The van der Waals surface area contributed by atoms with Gasteiger partial charge in [-0.05, 0) is 25.5 Å². The second-order valence-corrected chi connectivity index (χ2v) is 4.90. The molecule has 2 rings (SSSR count). The van der Waals surface area contributed by atoms with E-state index in [2.05, 4.69) is 10.2 Å². The fourth-order valence-electron chi connectivity index (χ4n) is 1.84. The minimum Gasteiger partial charge on any atom is -0.461 e. The number of H-pyrrole nitrogens is 2. The van der Waals surface area contributed by atoms with Crippen molar-refractivity contribution in [2.24, 2.45) is 0 Å². The maximum Gasteiger partial charge on any atom is 0.356 e. The average molecular weight is 242 g/mol. The van der Waals surface area contributed by atoms with E-state index in [1.165, 1.54) is 0 Å². The topological polar surface area (TPSA) is 75.0 Å². The lowest BCUT2D eigenvalue weighted by molar-refractivity contribution is 0.0518. The lowest BCUT2D eigenvalue weighted by atomic mass is 10.1. The van der Waals surface area contributed by atoms with Gasteiger partial charge in [-0.15, -0.1) is 0 Å². The highest BCUT2D eigenvalue weighted by molar-refractivity contribution is 7.99. The average Bonchev–Trinajstić information content (AvgIpc) is 2.86. The number of aromatic amines is 2. The van der Waals surface area contributed by atoms with E-state index in [4.69, 9.17) is 4.74 Å². The number of hydrogen-bond acceptors (Lipinski definition) is 4. The highest BCUT2D eigenvalue weighted by Gasteiger charge is 2.28. The number of hydrogen-bond donors (Lipinski definition) is 2. The predicted octanol–water partition coefficient (Wildman–Crippen LogP) is 1.45. The van der Waals surface area contributed by atoms with Gasteiger partial charge >= 0.3 is 5.97 Å². The Morgan fingerprint density at radius 3 is 3.00 bits per heavy atom. The van der Waals surface area contributed by atoms with Gasteiger partial charge in [-0.3, -0.25) is 15.0 Å². The molecule has 16 heavy (non-hydrogen) atoms. The second-order valence-electron chi connectivity index (χ2n) is 3.59. The van der Waals surface area contributed by atoms with Gasteiger partial charge in [0.15, 0.2) is 0 Å². The predicted molar refractivity (Wildman–Crippen MR) is 61.8 cm³/mol. The Kier molecular flexibility index (Phi) is 3.38. The van der Waals surface area contributed by atoms with Gasteiger partial charge < -0.3 is 4.74 Å². The first-order valence-corrected chi connectivity index (χ1v) is 6.38. The Hall–Kier alpha value is -1.17. The number of carbonyl (C=O) groups is 1. The number of rotatable bonds is 3. The number of esters is 1. The summed E-state index contributed by atoms with van der Waals surface area (Å²) in [5.74, 6) is 0.584. The van der Waals surface area contributed by atoms with E-state index in [9.17, 15) is 9.59 Å². The summed E-state index contributed by atoms with van der Waals surface area (Å²) in [7, 11) is 0. The van der Waals surface area contributed by atoms with Crippen molar-refractivity contribution in [1.82, 2.24) is 10.2 Å². The Bertz CT molecular complexity index is 432. The summed E-state index contributed by atoms with van der Waals surface area (Å²) >= 11 is 1.72. The van der Waals surface area contributed by atoms with Gasteiger partial charge in [-0.2, -0.15) is 11.8 Å². The summed E-state index contributed by atoms with van der Waals surface area (Å²) in [6, 6.07) is 0. The molecule has 1 aliphatic heterocycles. The number of aromatic nitrogens is 2. The lowest BCUT2D eigenvalue weighted by Gasteiger charge is -2.07. The monoisotopic (exact) mass is 242 g/mol. The van der Waals surface area contributed by atoms with Crippen LogP contribution in [0.25, 0.3) is 0 Å². The van der Waals surface area contributed by atoms with Crippen LogP contribution in [0.3, 0.4) is 0 Å². The molecule has 0 aromatic carbocycles. The van der Waals surface area contributed by atoms with Crippen LogP contribution in [-0.4, -0.2) is 28.5 Å². The molecular formula is C10H14N2O3S. The Morgan fingerprint density at radius 2 is 2.38 bits per heavy atom. The quantitative estimate of drug-likeness (QED) is 0.787. The van der Waals surface area contributed by atoms with E-state index in [1.807, 2.05) is 0 Å². The van der Waals surface area contributed by atoms with Crippen LogP contribution in [0.1, 0.15) is 41.1 Å². The molecule has 88 valence electrons. The molecule has 0 unspecified atom stereocenters. The summed E-state index contributed by atoms with van der Waals surface area (Å²) in [5.41, 5.74) is 0.620. The van der Waals surface area contributed by atoms with Crippen LogP contribution in [-0.2, 0) is 4.74 Å². The maximum atomic E-state index is 11.6. The summed E-state index contributed by atoms with van der Waals surface area (Å²) < 4.78 is 4.90. The third-order valence-electron chi connectivity index (χ3n) is 2.55. The molecule has 6 heteroatoms. The van der Waals surface area contributed by atoms with Gasteiger partial charge in [0.1, 0.15) is 5.69 Å². The van der Waals surface area contributed by atoms with E-state index < -0.39 is 5.97 Å². The summed E-state index contributed by atoms with van der Waals surface area (Å²) in [6.45, 7) is 2.05. The van der Waals surface area contributed by atoms with Crippen LogP contribution in [0, 0.1) is 0 Å². The van der Waals surface area contributed by atoms with E-state index in [0.29, 0.717) is 12.2 Å². The molecule has 0 spiro atoms. The van der Waals surface area contributed by atoms with Crippen molar-refractivity contribution in [2.75, 3.05) is 12.4 Å². The molecule has 1 atom stereocenters. The normalized spacial score (nSPS) is 19.9. The molecule has 0 saturated carbocycles. The first-order valence-electron chi connectivity index (χ1n) is 5.33. The standard InChI is InChI=1S/C10H14N2O3S/c1-2-15-10(14)8-7(9(13)12-11-8)6-4-3-5-16-6/h6H,2-5H2,1H3,(H2,11,12,13)/t6-/m0/s1. The van der Waals surface area contributed by atoms with Crippen molar-refractivity contribution in [3.63, 3.8) is 0 Å². The Balaban J connectivity index is 2.31. The zero-order valence-electron chi connectivity index (χ0n) is 9.04. The molecule has 1 saturated heterocycles. The third kappa shape index (κ3) is 2.02. The fraction of sp³-hybridized carbons (Fsp3) is 0.600. The van der Waals surface area contributed by atoms with E-state index in [1.54, 1.807) is 18.7 Å². The molecule has 2 N–H and O–H groups in total. The van der Waals surface area contributed by atoms with Crippen LogP contribution < -0.4 is 5.56 Å². The molecule has 1 aromatic heterocycles. The minimum absolute atomic E-state index is 0.120. The third-order valence-corrected chi connectivity index (χ3v) is 3.94. The van der Waals surface area contributed by atoms with Gasteiger partial charge in [0.25, 0.3) is 5.56 Å². The Morgan fingerprint density at radius 1 is 1.56 bits per heavy atom. The first-order chi connectivity index (χ1) is 7.74. The number of nitrogens with one attached hydrogen (secondary N) is 2. The van der Waals surface area contributed by atoms with Crippen molar-refractivity contribution < 1.29 is 9.53 Å². The van der Waals surface area contributed by atoms with Gasteiger partial charge in [0, 0.05) is 5.25 Å². The van der Waals surface area contributed by atoms with Crippen LogP contribution >= 0.6 is 11.8 Å². The smallest absolute Gasteiger partial charge is 0.356 e. The molecular weight excluding hydrogens is 228 g/mol. The highest BCUT2D eigenvalue weighted by Crippen LogP contribution is 2.39.